The number of aromatic nitrogens is 3. The maximum absolute atomic E-state index is 12.3. The van der Waals surface area contributed by atoms with Crippen LogP contribution in [0.4, 0.5) is 10.8 Å². The highest BCUT2D eigenvalue weighted by Gasteiger charge is 2.17. The minimum Gasteiger partial charge on any atom is -0.497 e. The maximum Gasteiger partial charge on any atom is 0.279 e. The van der Waals surface area contributed by atoms with Gasteiger partial charge in [0.05, 0.1) is 19.1 Å². The molecule has 0 aliphatic heterocycles. The van der Waals surface area contributed by atoms with E-state index in [9.17, 15) is 9.59 Å². The second kappa shape index (κ2) is 9.45. The summed E-state index contributed by atoms with van der Waals surface area (Å²) >= 11 is 2.35. The average molecular weight is 457 g/mol. The fourth-order valence-electron chi connectivity index (χ4n) is 2.42. The second-order valence-corrected chi connectivity index (χ2v) is 8.15. The predicted molar refractivity (Wildman–Crippen MR) is 114 cm³/mol. The Kier molecular flexibility index (Phi) is 6.29. The lowest BCUT2D eigenvalue weighted by molar-refractivity contribution is -0.113. The van der Waals surface area contributed by atoms with Crippen LogP contribution in [0.5, 0.6) is 5.75 Å². The Balaban J connectivity index is 1.29. The molecule has 0 radical (unpaired) electrons. The molecule has 31 heavy (non-hydrogen) atoms. The summed E-state index contributed by atoms with van der Waals surface area (Å²) in [6, 6.07) is 11.9. The molecule has 0 aliphatic carbocycles. The van der Waals surface area contributed by atoms with Crippen molar-refractivity contribution in [1.82, 2.24) is 15.4 Å². The summed E-state index contributed by atoms with van der Waals surface area (Å²) in [5.74, 6) is 0.893. The van der Waals surface area contributed by atoms with E-state index in [1.54, 1.807) is 43.5 Å². The van der Waals surface area contributed by atoms with E-state index in [1.807, 2.05) is 0 Å². The SMILES string of the molecule is COc1cccc(NC(=O)CSc2nnc(NC(=O)c3cc(-c4ccco4)on3)s2)c1. The molecule has 0 spiro atoms. The minimum atomic E-state index is -0.495. The van der Waals surface area contributed by atoms with Crippen molar-refractivity contribution in [3.63, 3.8) is 0 Å². The van der Waals surface area contributed by atoms with E-state index in [-0.39, 0.29) is 22.5 Å². The van der Waals surface area contributed by atoms with Gasteiger partial charge >= 0.3 is 0 Å². The molecule has 0 unspecified atom stereocenters. The highest BCUT2D eigenvalue weighted by molar-refractivity contribution is 8.01. The van der Waals surface area contributed by atoms with Crippen LogP contribution < -0.4 is 15.4 Å². The van der Waals surface area contributed by atoms with Gasteiger partial charge in [-0.2, -0.15) is 0 Å². The number of carbonyl (C=O) groups excluding carboxylic acids is 2. The molecule has 2 N–H and O–H groups in total. The number of hydrogen-bond donors (Lipinski definition) is 2. The molecule has 2 amide bonds. The molecular formula is C19H15N5O5S2. The fourth-order valence-corrected chi connectivity index (χ4v) is 3.97. The Morgan fingerprint density at radius 1 is 1.13 bits per heavy atom. The van der Waals surface area contributed by atoms with Crippen LogP contribution in [-0.2, 0) is 4.79 Å². The van der Waals surface area contributed by atoms with Crippen LogP contribution in [0.1, 0.15) is 10.5 Å². The van der Waals surface area contributed by atoms with E-state index in [2.05, 4.69) is 26.0 Å². The van der Waals surface area contributed by atoms with Crippen LogP contribution in [0.3, 0.4) is 0 Å². The zero-order valence-corrected chi connectivity index (χ0v) is 17.7. The molecule has 0 saturated carbocycles. The molecule has 4 rings (SSSR count). The second-order valence-electron chi connectivity index (χ2n) is 5.95. The lowest BCUT2D eigenvalue weighted by Gasteiger charge is -2.06. The Bertz CT molecular complexity index is 1190. The standard InChI is InChI=1S/C19H15N5O5S2/c1-27-12-5-2-4-11(8-12)20-16(25)10-30-19-23-22-18(31-19)21-17(26)13-9-15(29-24-13)14-6-3-7-28-14/h2-9H,10H2,1H3,(H,20,25)(H,21,22,26). The van der Waals surface area contributed by atoms with Gasteiger partial charge in [0.25, 0.3) is 5.91 Å². The number of amides is 2. The van der Waals surface area contributed by atoms with Crippen molar-refractivity contribution in [1.29, 1.82) is 0 Å². The van der Waals surface area contributed by atoms with Crippen molar-refractivity contribution >= 4 is 45.7 Å². The average Bonchev–Trinajstić information content (AvgIpc) is 3.53. The van der Waals surface area contributed by atoms with E-state index < -0.39 is 5.91 Å². The number of methoxy groups -OCH3 is 1. The number of anilines is 2. The van der Waals surface area contributed by atoms with Gasteiger partial charge in [0.1, 0.15) is 5.75 Å². The molecule has 4 aromatic rings. The van der Waals surface area contributed by atoms with Crippen LogP contribution in [-0.4, -0.2) is 40.0 Å². The van der Waals surface area contributed by atoms with E-state index in [0.29, 0.717) is 27.3 Å². The summed E-state index contributed by atoms with van der Waals surface area (Å²) < 4.78 is 16.0. The molecule has 12 heteroatoms. The van der Waals surface area contributed by atoms with Gasteiger partial charge in [-0.05, 0) is 24.3 Å². The zero-order valence-electron chi connectivity index (χ0n) is 16.0. The smallest absolute Gasteiger partial charge is 0.279 e. The first-order valence-corrected chi connectivity index (χ1v) is 10.6. The zero-order chi connectivity index (χ0) is 21.6. The first-order valence-electron chi connectivity index (χ1n) is 8.83. The lowest BCUT2D eigenvalue weighted by Crippen LogP contribution is -2.13. The van der Waals surface area contributed by atoms with Crippen LogP contribution in [0, 0.1) is 0 Å². The van der Waals surface area contributed by atoms with Crippen LogP contribution in [0.25, 0.3) is 11.5 Å². The van der Waals surface area contributed by atoms with E-state index in [4.69, 9.17) is 13.7 Å². The number of rotatable bonds is 8. The summed E-state index contributed by atoms with van der Waals surface area (Å²) in [4.78, 5) is 24.5. The first-order chi connectivity index (χ1) is 15.1. The number of furan rings is 1. The van der Waals surface area contributed by atoms with Crippen LogP contribution in [0.2, 0.25) is 0 Å². The number of nitrogens with zero attached hydrogens (tertiary/aromatic N) is 3. The summed E-state index contributed by atoms with van der Waals surface area (Å²) in [6.07, 6.45) is 1.50. The molecule has 0 bridgehead atoms. The third-order valence-electron chi connectivity index (χ3n) is 3.81. The van der Waals surface area contributed by atoms with Crippen molar-refractivity contribution in [2.45, 2.75) is 4.34 Å². The molecule has 0 atom stereocenters. The highest BCUT2D eigenvalue weighted by atomic mass is 32.2. The Labute approximate surface area is 184 Å². The van der Waals surface area contributed by atoms with Crippen molar-refractivity contribution in [3.05, 3.63) is 54.4 Å². The van der Waals surface area contributed by atoms with Crippen LogP contribution >= 0.6 is 23.1 Å². The van der Waals surface area contributed by atoms with Crippen molar-refractivity contribution in [3.8, 4) is 17.3 Å². The van der Waals surface area contributed by atoms with Gasteiger partial charge in [0.15, 0.2) is 15.8 Å². The van der Waals surface area contributed by atoms with Gasteiger partial charge in [0.2, 0.25) is 16.8 Å². The Morgan fingerprint density at radius 3 is 2.84 bits per heavy atom. The molecule has 158 valence electrons. The van der Waals surface area contributed by atoms with Gasteiger partial charge in [-0.15, -0.1) is 10.2 Å². The van der Waals surface area contributed by atoms with Gasteiger partial charge in [-0.1, -0.05) is 34.3 Å². The van der Waals surface area contributed by atoms with Crippen molar-refractivity contribution in [2.24, 2.45) is 0 Å². The molecule has 3 heterocycles. The number of carbonyl (C=O) groups is 2. The third kappa shape index (κ3) is 5.29. The molecule has 0 aliphatic rings. The summed E-state index contributed by atoms with van der Waals surface area (Å²) in [5, 5.41) is 17.3. The van der Waals surface area contributed by atoms with E-state index >= 15 is 0 Å². The topological polar surface area (TPSA) is 132 Å². The monoisotopic (exact) mass is 457 g/mol. The molecule has 0 fully saturated rings. The quantitative estimate of drug-likeness (QED) is 0.299. The number of thioether (sulfide) groups is 1. The molecule has 0 saturated heterocycles. The largest absolute Gasteiger partial charge is 0.497 e. The predicted octanol–water partition coefficient (Wildman–Crippen LogP) is 3.78. The number of ether oxygens (including phenoxy) is 1. The van der Waals surface area contributed by atoms with E-state index in [1.165, 1.54) is 24.1 Å². The molecular weight excluding hydrogens is 442 g/mol. The van der Waals surface area contributed by atoms with Gasteiger partial charge in [-0.25, -0.2) is 0 Å². The lowest BCUT2D eigenvalue weighted by atomic mass is 10.3. The number of benzene rings is 1. The Morgan fingerprint density at radius 2 is 2.03 bits per heavy atom. The van der Waals surface area contributed by atoms with Crippen LogP contribution in [0.15, 0.2) is 62.0 Å². The summed E-state index contributed by atoms with van der Waals surface area (Å²) in [6.45, 7) is 0. The van der Waals surface area contributed by atoms with Crippen molar-refractivity contribution in [2.75, 3.05) is 23.5 Å². The normalized spacial score (nSPS) is 10.6. The summed E-state index contributed by atoms with van der Waals surface area (Å²) in [7, 11) is 1.56. The first kappa shape index (κ1) is 20.6. The summed E-state index contributed by atoms with van der Waals surface area (Å²) in [5.41, 5.74) is 0.713. The maximum atomic E-state index is 12.3. The van der Waals surface area contributed by atoms with Gasteiger partial charge in [0, 0.05) is 17.8 Å². The minimum absolute atomic E-state index is 0.0773. The highest BCUT2D eigenvalue weighted by Crippen LogP contribution is 2.27. The van der Waals surface area contributed by atoms with Crippen molar-refractivity contribution < 1.29 is 23.3 Å². The number of nitrogens with one attached hydrogen (secondary N) is 2. The number of hydrogen-bond acceptors (Lipinski definition) is 10. The van der Waals surface area contributed by atoms with Gasteiger partial charge < -0.3 is 19.0 Å². The van der Waals surface area contributed by atoms with Gasteiger partial charge in [-0.3, -0.25) is 14.9 Å². The third-order valence-corrected chi connectivity index (χ3v) is 5.79. The Hall–Kier alpha value is -3.64. The molecule has 3 aromatic heterocycles. The van der Waals surface area contributed by atoms with E-state index in [0.717, 1.165) is 11.3 Å². The molecule has 10 nitrogen and oxygen atoms in total. The molecule has 1 aromatic carbocycles. The fraction of sp³-hybridized carbons (Fsp3) is 0.105.